The monoisotopic (exact) mass is 280 g/mol. The fraction of sp³-hybridized carbons (Fsp3) is 0.167. The topological polar surface area (TPSA) is 89.3 Å². The first-order valence-corrected chi connectivity index (χ1v) is 7.31. The average molecular weight is 280 g/mol. The van der Waals surface area contributed by atoms with Gasteiger partial charge in [0.25, 0.3) is 5.91 Å². The number of amides is 1. The molecular weight excluding hydrogens is 268 g/mol. The smallest absolute Gasteiger partial charge is 0.294 e. The summed E-state index contributed by atoms with van der Waals surface area (Å²) in [7, 11) is -3.42. The fourth-order valence-electron chi connectivity index (χ4n) is 1.55. The van der Waals surface area contributed by atoms with Crippen molar-refractivity contribution in [3.8, 4) is 0 Å². The Morgan fingerprint density at radius 3 is 2.58 bits per heavy atom. The molecule has 1 N–H and O–H groups in total. The van der Waals surface area contributed by atoms with Crippen LogP contribution in [-0.4, -0.2) is 25.7 Å². The number of aryl methyl sites for hydroxylation is 1. The van der Waals surface area contributed by atoms with Crippen molar-refractivity contribution in [2.45, 2.75) is 11.8 Å². The van der Waals surface area contributed by atoms with Gasteiger partial charge in [0, 0.05) is 12.3 Å². The van der Waals surface area contributed by atoms with Gasteiger partial charge in [-0.05, 0) is 19.1 Å². The molecule has 0 atom stereocenters. The number of benzene rings is 1. The molecule has 7 heteroatoms. The summed E-state index contributed by atoms with van der Waals surface area (Å²) in [5.74, 6) is -0.516. The van der Waals surface area contributed by atoms with Crippen LogP contribution < -0.4 is 5.32 Å². The second-order valence-corrected chi connectivity index (χ2v) is 6.04. The van der Waals surface area contributed by atoms with Crippen LogP contribution in [0.1, 0.15) is 16.2 Å². The molecule has 0 unspecified atom stereocenters. The standard InChI is InChI=1S/C12H12N2O4S/c1-8-7-10(18-14-8)12(15)13-9-5-3-4-6-11(9)19(2,16)17/h3-7H,1-2H3,(H,13,15). The van der Waals surface area contributed by atoms with Crippen molar-refractivity contribution < 1.29 is 17.7 Å². The van der Waals surface area contributed by atoms with Crippen LogP contribution >= 0.6 is 0 Å². The third-order valence-corrected chi connectivity index (χ3v) is 3.54. The second-order valence-electron chi connectivity index (χ2n) is 4.05. The fourth-order valence-corrected chi connectivity index (χ4v) is 2.39. The molecule has 100 valence electrons. The normalized spacial score (nSPS) is 11.3. The number of sulfone groups is 1. The average Bonchev–Trinajstić information content (AvgIpc) is 2.75. The van der Waals surface area contributed by atoms with Crippen molar-refractivity contribution >= 4 is 21.4 Å². The summed E-state index contributed by atoms with van der Waals surface area (Å²) >= 11 is 0. The van der Waals surface area contributed by atoms with E-state index < -0.39 is 15.7 Å². The van der Waals surface area contributed by atoms with Crippen LogP contribution in [0.2, 0.25) is 0 Å². The largest absolute Gasteiger partial charge is 0.351 e. The van der Waals surface area contributed by atoms with E-state index >= 15 is 0 Å². The van der Waals surface area contributed by atoms with Gasteiger partial charge in [-0.15, -0.1) is 0 Å². The highest BCUT2D eigenvalue weighted by molar-refractivity contribution is 7.90. The molecule has 1 heterocycles. The lowest BCUT2D eigenvalue weighted by atomic mass is 10.3. The summed E-state index contributed by atoms with van der Waals surface area (Å²) in [6.45, 7) is 1.69. The molecule has 1 aromatic carbocycles. The molecule has 0 aliphatic rings. The lowest BCUT2D eigenvalue weighted by molar-refractivity contribution is 0.0987. The van der Waals surface area contributed by atoms with Crippen molar-refractivity contribution in [3.63, 3.8) is 0 Å². The van der Waals surface area contributed by atoms with Crippen LogP contribution in [-0.2, 0) is 9.84 Å². The van der Waals surface area contributed by atoms with Crippen molar-refractivity contribution in [1.82, 2.24) is 5.16 Å². The number of para-hydroxylation sites is 1. The van der Waals surface area contributed by atoms with Crippen molar-refractivity contribution in [2.24, 2.45) is 0 Å². The summed E-state index contributed by atoms with van der Waals surface area (Å²) in [5, 5.41) is 6.09. The molecule has 0 saturated heterocycles. The van der Waals surface area contributed by atoms with Crippen LogP contribution in [0.25, 0.3) is 0 Å². The highest BCUT2D eigenvalue weighted by Gasteiger charge is 2.17. The second kappa shape index (κ2) is 4.85. The Labute approximate surface area is 110 Å². The van der Waals surface area contributed by atoms with Crippen LogP contribution in [0.4, 0.5) is 5.69 Å². The molecule has 2 rings (SSSR count). The van der Waals surface area contributed by atoms with E-state index in [1.807, 2.05) is 0 Å². The number of nitrogens with one attached hydrogen (secondary N) is 1. The SMILES string of the molecule is Cc1cc(C(=O)Nc2ccccc2S(C)(=O)=O)on1. The van der Waals surface area contributed by atoms with Crippen LogP contribution in [0, 0.1) is 6.92 Å². The van der Waals surface area contributed by atoms with E-state index in [1.54, 1.807) is 19.1 Å². The Bertz CT molecular complexity index is 719. The lowest BCUT2D eigenvalue weighted by Gasteiger charge is -2.07. The number of hydrogen-bond acceptors (Lipinski definition) is 5. The zero-order valence-corrected chi connectivity index (χ0v) is 11.2. The molecule has 0 bridgehead atoms. The minimum absolute atomic E-state index is 0.0285. The van der Waals surface area contributed by atoms with E-state index in [0.717, 1.165) is 6.26 Å². The van der Waals surface area contributed by atoms with Crippen LogP contribution in [0.3, 0.4) is 0 Å². The van der Waals surface area contributed by atoms with Crippen LogP contribution in [0.15, 0.2) is 39.8 Å². The molecule has 1 aromatic heterocycles. The van der Waals surface area contributed by atoms with Gasteiger partial charge in [0.2, 0.25) is 5.76 Å². The van der Waals surface area contributed by atoms with E-state index in [9.17, 15) is 13.2 Å². The van der Waals surface area contributed by atoms with E-state index in [1.165, 1.54) is 18.2 Å². The molecule has 0 aliphatic carbocycles. The van der Waals surface area contributed by atoms with Gasteiger partial charge in [-0.3, -0.25) is 4.79 Å². The van der Waals surface area contributed by atoms with Gasteiger partial charge in [0.05, 0.1) is 16.3 Å². The first kappa shape index (κ1) is 13.3. The first-order valence-electron chi connectivity index (χ1n) is 5.41. The van der Waals surface area contributed by atoms with E-state index in [0.29, 0.717) is 5.69 Å². The summed E-state index contributed by atoms with van der Waals surface area (Å²) in [5.41, 5.74) is 0.783. The molecule has 0 radical (unpaired) electrons. The minimum Gasteiger partial charge on any atom is -0.351 e. The third-order valence-electron chi connectivity index (χ3n) is 2.39. The summed E-state index contributed by atoms with van der Waals surface area (Å²) in [6.07, 6.45) is 1.08. The number of nitrogens with zero attached hydrogens (tertiary/aromatic N) is 1. The number of carbonyl (C=O) groups excluding carboxylic acids is 1. The maximum absolute atomic E-state index is 11.9. The Kier molecular flexibility index (Phi) is 3.39. The van der Waals surface area contributed by atoms with E-state index in [2.05, 4.69) is 10.5 Å². The minimum atomic E-state index is -3.42. The van der Waals surface area contributed by atoms with Gasteiger partial charge in [-0.2, -0.15) is 0 Å². The van der Waals surface area contributed by atoms with Crippen molar-refractivity contribution in [2.75, 3.05) is 11.6 Å². The third kappa shape index (κ3) is 3.00. The van der Waals surface area contributed by atoms with Gasteiger partial charge >= 0.3 is 0 Å². The Morgan fingerprint density at radius 2 is 2.00 bits per heavy atom. The Morgan fingerprint density at radius 1 is 1.32 bits per heavy atom. The maximum atomic E-state index is 11.9. The Hall–Kier alpha value is -2.15. The van der Waals surface area contributed by atoms with Gasteiger partial charge in [0.1, 0.15) is 0 Å². The number of anilines is 1. The predicted octanol–water partition coefficient (Wildman–Crippen LogP) is 1.64. The number of aromatic nitrogens is 1. The zero-order chi connectivity index (χ0) is 14.0. The number of rotatable bonds is 3. The molecule has 2 aromatic rings. The maximum Gasteiger partial charge on any atom is 0.294 e. The zero-order valence-electron chi connectivity index (χ0n) is 10.4. The quantitative estimate of drug-likeness (QED) is 0.923. The van der Waals surface area contributed by atoms with Crippen molar-refractivity contribution in [1.29, 1.82) is 0 Å². The van der Waals surface area contributed by atoms with E-state index in [-0.39, 0.29) is 16.3 Å². The molecule has 0 saturated carbocycles. The van der Waals surface area contributed by atoms with Crippen LogP contribution in [0.5, 0.6) is 0 Å². The molecule has 0 spiro atoms. The van der Waals surface area contributed by atoms with Gasteiger partial charge in [-0.1, -0.05) is 17.3 Å². The number of carbonyl (C=O) groups is 1. The molecule has 1 amide bonds. The first-order chi connectivity index (χ1) is 8.88. The predicted molar refractivity (Wildman–Crippen MR) is 68.7 cm³/mol. The van der Waals surface area contributed by atoms with E-state index in [4.69, 9.17) is 4.52 Å². The van der Waals surface area contributed by atoms with Crippen molar-refractivity contribution in [3.05, 3.63) is 41.8 Å². The number of hydrogen-bond donors (Lipinski definition) is 1. The highest BCUT2D eigenvalue weighted by Crippen LogP contribution is 2.21. The van der Waals surface area contributed by atoms with Gasteiger partial charge in [-0.25, -0.2) is 8.42 Å². The molecule has 19 heavy (non-hydrogen) atoms. The molecular formula is C12H12N2O4S. The molecule has 0 fully saturated rings. The van der Waals surface area contributed by atoms with Gasteiger partial charge in [0.15, 0.2) is 9.84 Å². The summed E-state index contributed by atoms with van der Waals surface area (Å²) in [4.78, 5) is 11.9. The lowest BCUT2D eigenvalue weighted by Crippen LogP contribution is -2.13. The molecule has 0 aliphatic heterocycles. The van der Waals surface area contributed by atoms with Gasteiger partial charge < -0.3 is 9.84 Å². The summed E-state index contributed by atoms with van der Waals surface area (Å²) < 4.78 is 28.0. The highest BCUT2D eigenvalue weighted by atomic mass is 32.2. The Balaban J connectivity index is 2.32. The summed E-state index contributed by atoms with van der Waals surface area (Å²) in [6, 6.07) is 7.63. The molecule has 6 nitrogen and oxygen atoms in total.